The summed E-state index contributed by atoms with van der Waals surface area (Å²) in [5, 5.41) is 3.80. The lowest BCUT2D eigenvalue weighted by atomic mass is 10.0. The van der Waals surface area contributed by atoms with Gasteiger partial charge in [0.25, 0.3) is 10.0 Å². The Kier molecular flexibility index (Phi) is 4.75. The van der Waals surface area contributed by atoms with Gasteiger partial charge in [0.2, 0.25) is 0 Å². The number of sulfonamides is 1. The largest absolute Gasteiger partial charge is 0.276 e. The van der Waals surface area contributed by atoms with Crippen molar-refractivity contribution in [1.82, 2.24) is 4.83 Å². The third-order valence-electron chi connectivity index (χ3n) is 3.04. The van der Waals surface area contributed by atoms with Gasteiger partial charge in [0, 0.05) is 0 Å². The molecule has 0 saturated heterocycles. The number of hydrogen-bond acceptors (Lipinski definition) is 3. The van der Waals surface area contributed by atoms with Crippen LogP contribution in [0.1, 0.15) is 30.9 Å². The first-order chi connectivity index (χ1) is 9.99. The lowest BCUT2D eigenvalue weighted by Gasteiger charge is -2.05. The van der Waals surface area contributed by atoms with E-state index >= 15 is 0 Å². The third-order valence-corrected chi connectivity index (χ3v) is 4.28. The molecule has 2 aromatic carbocycles. The summed E-state index contributed by atoms with van der Waals surface area (Å²) in [6.07, 6.45) is 1.49. The van der Waals surface area contributed by atoms with Crippen molar-refractivity contribution < 1.29 is 8.42 Å². The summed E-state index contributed by atoms with van der Waals surface area (Å²) in [6, 6.07) is 16.0. The molecule has 0 bridgehead atoms. The first kappa shape index (κ1) is 15.3. The molecule has 0 amide bonds. The number of nitrogens with zero attached hydrogens (tertiary/aromatic N) is 1. The minimum Gasteiger partial charge on any atom is -0.200 e. The Morgan fingerprint density at radius 1 is 1.00 bits per heavy atom. The Bertz CT molecular complexity index is 706. The molecule has 0 radical (unpaired) electrons. The molecule has 0 heterocycles. The molecule has 110 valence electrons. The van der Waals surface area contributed by atoms with Gasteiger partial charge in [-0.2, -0.15) is 13.5 Å². The number of benzene rings is 2. The van der Waals surface area contributed by atoms with Crippen LogP contribution in [0.15, 0.2) is 64.6 Å². The second kappa shape index (κ2) is 6.54. The van der Waals surface area contributed by atoms with E-state index in [-0.39, 0.29) is 4.90 Å². The van der Waals surface area contributed by atoms with E-state index in [2.05, 4.69) is 23.8 Å². The predicted molar refractivity (Wildman–Crippen MR) is 84.9 cm³/mol. The number of rotatable bonds is 5. The third kappa shape index (κ3) is 4.16. The average molecular weight is 302 g/mol. The van der Waals surface area contributed by atoms with E-state index in [1.807, 2.05) is 24.3 Å². The highest BCUT2D eigenvalue weighted by Gasteiger charge is 2.10. The van der Waals surface area contributed by atoms with Gasteiger partial charge in [0.1, 0.15) is 0 Å². The van der Waals surface area contributed by atoms with Crippen molar-refractivity contribution in [2.24, 2.45) is 5.10 Å². The van der Waals surface area contributed by atoms with Crippen LogP contribution < -0.4 is 4.83 Å². The number of nitrogens with one attached hydrogen (secondary N) is 1. The van der Waals surface area contributed by atoms with Crippen molar-refractivity contribution in [1.29, 1.82) is 0 Å². The summed E-state index contributed by atoms with van der Waals surface area (Å²) in [6.45, 7) is 4.24. The van der Waals surface area contributed by atoms with E-state index in [0.29, 0.717) is 5.92 Å². The van der Waals surface area contributed by atoms with E-state index in [0.717, 1.165) is 5.56 Å². The molecule has 0 atom stereocenters. The first-order valence-corrected chi connectivity index (χ1v) is 8.17. The maximum Gasteiger partial charge on any atom is 0.276 e. The number of hydrazone groups is 1. The average Bonchev–Trinajstić information content (AvgIpc) is 2.48. The topological polar surface area (TPSA) is 58.5 Å². The minimum absolute atomic E-state index is 0.192. The van der Waals surface area contributed by atoms with Gasteiger partial charge in [-0.25, -0.2) is 4.83 Å². The van der Waals surface area contributed by atoms with Gasteiger partial charge in [-0.1, -0.05) is 56.3 Å². The highest BCUT2D eigenvalue weighted by molar-refractivity contribution is 7.89. The van der Waals surface area contributed by atoms with Gasteiger partial charge < -0.3 is 0 Å². The molecule has 2 aromatic rings. The van der Waals surface area contributed by atoms with Gasteiger partial charge in [-0.15, -0.1) is 0 Å². The van der Waals surface area contributed by atoms with Gasteiger partial charge in [-0.3, -0.25) is 0 Å². The fourth-order valence-corrected chi connectivity index (χ4v) is 2.60. The molecule has 21 heavy (non-hydrogen) atoms. The van der Waals surface area contributed by atoms with Crippen molar-refractivity contribution in [2.45, 2.75) is 24.7 Å². The summed E-state index contributed by atoms with van der Waals surface area (Å²) in [7, 11) is -3.60. The van der Waals surface area contributed by atoms with Crippen LogP contribution in [-0.4, -0.2) is 14.6 Å². The Balaban J connectivity index is 2.05. The zero-order valence-corrected chi connectivity index (χ0v) is 12.8. The molecule has 0 aromatic heterocycles. The summed E-state index contributed by atoms with van der Waals surface area (Å²) >= 11 is 0. The molecule has 1 N–H and O–H groups in total. The highest BCUT2D eigenvalue weighted by Crippen LogP contribution is 2.14. The molecular formula is C16H18N2O2S. The first-order valence-electron chi connectivity index (χ1n) is 6.69. The fraction of sp³-hybridized carbons (Fsp3) is 0.188. The number of hydrogen-bond donors (Lipinski definition) is 1. The quantitative estimate of drug-likeness (QED) is 0.681. The molecule has 4 nitrogen and oxygen atoms in total. The van der Waals surface area contributed by atoms with Crippen LogP contribution in [0.3, 0.4) is 0 Å². The van der Waals surface area contributed by atoms with E-state index < -0.39 is 10.0 Å². The maximum absolute atomic E-state index is 11.9. The summed E-state index contributed by atoms with van der Waals surface area (Å²) in [5.74, 6) is 0.465. The second-order valence-electron chi connectivity index (χ2n) is 4.99. The SMILES string of the molecule is CC(C)c1ccc(C=NNS(=O)(=O)c2ccccc2)cc1. The molecule has 2 rings (SSSR count). The van der Waals surface area contributed by atoms with Gasteiger partial charge in [0.05, 0.1) is 11.1 Å². The minimum atomic E-state index is -3.60. The van der Waals surface area contributed by atoms with Crippen LogP contribution in [-0.2, 0) is 10.0 Å². The van der Waals surface area contributed by atoms with Crippen LogP contribution in [0.25, 0.3) is 0 Å². The summed E-state index contributed by atoms with van der Waals surface area (Å²) < 4.78 is 23.9. The van der Waals surface area contributed by atoms with E-state index in [9.17, 15) is 8.42 Å². The normalized spacial score (nSPS) is 12.0. The van der Waals surface area contributed by atoms with Crippen molar-refractivity contribution in [3.63, 3.8) is 0 Å². The van der Waals surface area contributed by atoms with Crippen molar-refractivity contribution in [3.05, 3.63) is 65.7 Å². The smallest absolute Gasteiger partial charge is 0.200 e. The Labute approximate surface area is 125 Å². The maximum atomic E-state index is 11.9. The zero-order chi connectivity index (χ0) is 15.3. The molecule has 0 fully saturated rings. The van der Waals surface area contributed by atoms with E-state index in [4.69, 9.17) is 0 Å². The second-order valence-corrected chi connectivity index (χ2v) is 6.65. The molecular weight excluding hydrogens is 284 g/mol. The van der Waals surface area contributed by atoms with Crippen LogP contribution in [0.4, 0.5) is 0 Å². The van der Waals surface area contributed by atoms with Gasteiger partial charge in [-0.05, 0) is 29.2 Å². The lowest BCUT2D eigenvalue weighted by molar-refractivity contribution is 0.584. The van der Waals surface area contributed by atoms with Gasteiger partial charge in [0.15, 0.2) is 0 Å². The van der Waals surface area contributed by atoms with Crippen LogP contribution >= 0.6 is 0 Å². The molecule has 0 aliphatic rings. The fourth-order valence-electron chi connectivity index (χ4n) is 1.79. The monoisotopic (exact) mass is 302 g/mol. The van der Waals surface area contributed by atoms with E-state index in [1.54, 1.807) is 18.2 Å². The lowest BCUT2D eigenvalue weighted by Crippen LogP contribution is -2.18. The van der Waals surface area contributed by atoms with Crippen molar-refractivity contribution >= 4 is 16.2 Å². The summed E-state index contributed by atoms with van der Waals surface area (Å²) in [4.78, 5) is 2.39. The van der Waals surface area contributed by atoms with Crippen LogP contribution in [0, 0.1) is 0 Å². The molecule has 0 aliphatic carbocycles. The van der Waals surface area contributed by atoms with Crippen LogP contribution in [0.5, 0.6) is 0 Å². The van der Waals surface area contributed by atoms with E-state index in [1.165, 1.54) is 23.9 Å². The molecule has 0 unspecified atom stereocenters. The van der Waals surface area contributed by atoms with Crippen LogP contribution in [0.2, 0.25) is 0 Å². The predicted octanol–water partition coefficient (Wildman–Crippen LogP) is 3.12. The Morgan fingerprint density at radius 2 is 1.62 bits per heavy atom. The Morgan fingerprint density at radius 3 is 2.19 bits per heavy atom. The van der Waals surface area contributed by atoms with Gasteiger partial charge >= 0.3 is 0 Å². The Hall–Kier alpha value is -2.14. The zero-order valence-electron chi connectivity index (χ0n) is 12.0. The highest BCUT2D eigenvalue weighted by atomic mass is 32.2. The molecule has 0 spiro atoms. The molecule has 0 saturated carbocycles. The molecule has 5 heteroatoms. The van der Waals surface area contributed by atoms with Crippen molar-refractivity contribution in [2.75, 3.05) is 0 Å². The molecule has 0 aliphatic heterocycles. The summed E-state index contributed by atoms with van der Waals surface area (Å²) in [5.41, 5.74) is 2.08. The van der Waals surface area contributed by atoms with Crippen molar-refractivity contribution in [3.8, 4) is 0 Å². The standard InChI is InChI=1S/C16H18N2O2S/c1-13(2)15-10-8-14(9-11-15)12-17-18-21(19,20)16-6-4-3-5-7-16/h3-13,18H,1-2H3.